The zero-order chi connectivity index (χ0) is 19.7. The summed E-state index contributed by atoms with van der Waals surface area (Å²) in [5.41, 5.74) is 3.31. The molecule has 0 aliphatic rings. The van der Waals surface area contributed by atoms with Crippen LogP contribution >= 0.6 is 0 Å². The first-order valence-electron chi connectivity index (χ1n) is 8.97. The number of aryl methyl sites for hydroxylation is 2. The van der Waals surface area contributed by atoms with Gasteiger partial charge in [-0.2, -0.15) is 0 Å². The Labute approximate surface area is 161 Å². The zero-order valence-corrected chi connectivity index (χ0v) is 15.6. The van der Waals surface area contributed by atoms with Gasteiger partial charge in [-0.05, 0) is 49.2 Å². The van der Waals surface area contributed by atoms with E-state index in [9.17, 15) is 9.59 Å². The van der Waals surface area contributed by atoms with Gasteiger partial charge in [0.05, 0.1) is 10.8 Å². The van der Waals surface area contributed by atoms with Crippen LogP contribution in [-0.4, -0.2) is 12.5 Å². The third-order valence-electron chi connectivity index (χ3n) is 4.63. The number of carbonyl (C=O) groups excluding carboxylic acids is 1. The Morgan fingerprint density at radius 3 is 2.57 bits per heavy atom. The van der Waals surface area contributed by atoms with E-state index in [2.05, 4.69) is 5.32 Å². The van der Waals surface area contributed by atoms with Crippen molar-refractivity contribution in [2.24, 2.45) is 0 Å². The van der Waals surface area contributed by atoms with E-state index < -0.39 is 0 Å². The average molecular weight is 373 g/mol. The molecule has 0 radical (unpaired) electrons. The highest BCUT2D eigenvalue weighted by Gasteiger charge is 2.11. The molecule has 1 amide bonds. The number of carbonyl (C=O) groups is 1. The molecule has 5 nitrogen and oxygen atoms in total. The Bertz CT molecular complexity index is 1260. The summed E-state index contributed by atoms with van der Waals surface area (Å²) in [6.45, 7) is 3.71. The Hall–Kier alpha value is -3.60. The van der Waals surface area contributed by atoms with Gasteiger partial charge in [0.1, 0.15) is 16.9 Å². The molecule has 140 valence electrons. The molecular weight excluding hydrogens is 354 g/mol. The molecule has 0 unspecified atom stereocenters. The topological polar surface area (TPSA) is 68.5 Å². The van der Waals surface area contributed by atoms with Crippen molar-refractivity contribution in [3.63, 3.8) is 0 Å². The number of rotatable bonds is 4. The third kappa shape index (κ3) is 3.34. The standard InChI is InChI=1S/C23H19NO4/c1-14-6-3-4-9-19(14)27-13-21(25)24-16-10-11-17-20(12-16)28-23-15(2)7-5-8-18(23)22(17)26/h3-12H,13H2,1-2H3,(H,24,25). The molecule has 0 aliphatic heterocycles. The number of amides is 1. The minimum atomic E-state index is -0.290. The number of fused-ring (bicyclic) bond motifs is 2. The van der Waals surface area contributed by atoms with Crippen LogP contribution in [0.2, 0.25) is 0 Å². The maximum absolute atomic E-state index is 12.7. The SMILES string of the molecule is Cc1ccccc1OCC(=O)Nc1ccc2c(=O)c3cccc(C)c3oc2c1. The van der Waals surface area contributed by atoms with Crippen LogP contribution in [0.3, 0.4) is 0 Å². The van der Waals surface area contributed by atoms with Crippen molar-refractivity contribution in [1.29, 1.82) is 0 Å². The summed E-state index contributed by atoms with van der Waals surface area (Å²) in [6, 6.07) is 18.0. The number of hydrogen-bond donors (Lipinski definition) is 1. The predicted molar refractivity (Wildman–Crippen MR) is 110 cm³/mol. The maximum Gasteiger partial charge on any atom is 0.262 e. The molecule has 5 heteroatoms. The van der Waals surface area contributed by atoms with E-state index in [4.69, 9.17) is 9.15 Å². The highest BCUT2D eigenvalue weighted by molar-refractivity contribution is 5.96. The molecule has 1 N–H and O–H groups in total. The number of hydrogen-bond acceptors (Lipinski definition) is 4. The molecule has 0 saturated heterocycles. The monoisotopic (exact) mass is 373 g/mol. The van der Waals surface area contributed by atoms with Gasteiger partial charge in [-0.1, -0.05) is 30.3 Å². The Morgan fingerprint density at radius 2 is 1.75 bits per heavy atom. The van der Waals surface area contributed by atoms with Gasteiger partial charge in [0.15, 0.2) is 6.61 Å². The maximum atomic E-state index is 12.7. The summed E-state index contributed by atoms with van der Waals surface area (Å²) in [5.74, 6) is 0.381. The largest absolute Gasteiger partial charge is 0.483 e. The highest BCUT2D eigenvalue weighted by Crippen LogP contribution is 2.24. The van der Waals surface area contributed by atoms with Crippen LogP contribution in [0.1, 0.15) is 11.1 Å². The van der Waals surface area contributed by atoms with Gasteiger partial charge in [-0.15, -0.1) is 0 Å². The molecule has 0 atom stereocenters. The summed E-state index contributed by atoms with van der Waals surface area (Å²) < 4.78 is 11.5. The van der Waals surface area contributed by atoms with Gasteiger partial charge < -0.3 is 14.5 Å². The number of para-hydroxylation sites is 2. The number of benzene rings is 3. The van der Waals surface area contributed by atoms with Gasteiger partial charge in [0.2, 0.25) is 5.43 Å². The number of anilines is 1. The molecule has 0 aliphatic carbocycles. The first-order chi connectivity index (χ1) is 13.5. The van der Waals surface area contributed by atoms with Crippen LogP contribution in [0.5, 0.6) is 5.75 Å². The highest BCUT2D eigenvalue weighted by atomic mass is 16.5. The van der Waals surface area contributed by atoms with Crippen LogP contribution < -0.4 is 15.5 Å². The Balaban J connectivity index is 1.58. The molecule has 0 fully saturated rings. The van der Waals surface area contributed by atoms with Gasteiger partial charge in [-0.25, -0.2) is 0 Å². The van der Waals surface area contributed by atoms with Crippen molar-refractivity contribution in [1.82, 2.24) is 0 Å². The van der Waals surface area contributed by atoms with E-state index in [1.54, 1.807) is 24.3 Å². The number of nitrogens with one attached hydrogen (secondary N) is 1. The molecule has 4 rings (SSSR count). The average Bonchev–Trinajstić information content (AvgIpc) is 2.68. The van der Waals surface area contributed by atoms with Gasteiger partial charge in [0, 0.05) is 11.8 Å². The lowest BCUT2D eigenvalue weighted by molar-refractivity contribution is -0.118. The molecule has 0 saturated carbocycles. The van der Waals surface area contributed by atoms with Gasteiger partial charge in [-0.3, -0.25) is 9.59 Å². The predicted octanol–water partition coefficient (Wildman–Crippen LogP) is 4.58. The van der Waals surface area contributed by atoms with Crippen LogP contribution in [0.4, 0.5) is 5.69 Å². The van der Waals surface area contributed by atoms with Crippen molar-refractivity contribution >= 4 is 33.5 Å². The smallest absolute Gasteiger partial charge is 0.262 e. The summed E-state index contributed by atoms with van der Waals surface area (Å²) in [5, 5.41) is 3.81. The van der Waals surface area contributed by atoms with Gasteiger partial charge in [0.25, 0.3) is 5.91 Å². The molecule has 0 spiro atoms. The summed E-state index contributed by atoms with van der Waals surface area (Å²) in [7, 11) is 0. The van der Waals surface area contributed by atoms with Crippen molar-refractivity contribution < 1.29 is 13.9 Å². The molecule has 1 aromatic heterocycles. The molecule has 0 bridgehead atoms. The fourth-order valence-electron chi connectivity index (χ4n) is 3.15. The lowest BCUT2D eigenvalue weighted by Gasteiger charge is -2.10. The summed E-state index contributed by atoms with van der Waals surface area (Å²) in [4.78, 5) is 24.9. The van der Waals surface area contributed by atoms with E-state index in [1.807, 2.05) is 50.2 Å². The van der Waals surface area contributed by atoms with Crippen LogP contribution in [0.25, 0.3) is 21.9 Å². The van der Waals surface area contributed by atoms with E-state index in [1.165, 1.54) is 0 Å². The lowest BCUT2D eigenvalue weighted by Crippen LogP contribution is -2.20. The van der Waals surface area contributed by atoms with Crippen molar-refractivity contribution in [3.05, 3.63) is 82.0 Å². The minimum Gasteiger partial charge on any atom is -0.483 e. The number of ether oxygens (including phenoxy) is 1. The quantitative estimate of drug-likeness (QED) is 0.532. The second kappa shape index (κ2) is 7.19. The molecular formula is C23H19NO4. The van der Waals surface area contributed by atoms with E-state index >= 15 is 0 Å². The van der Waals surface area contributed by atoms with Crippen LogP contribution in [-0.2, 0) is 4.79 Å². The van der Waals surface area contributed by atoms with E-state index in [0.29, 0.717) is 33.4 Å². The fraction of sp³-hybridized carbons (Fsp3) is 0.130. The van der Waals surface area contributed by atoms with Crippen LogP contribution in [0, 0.1) is 13.8 Å². The van der Waals surface area contributed by atoms with Crippen molar-refractivity contribution in [2.75, 3.05) is 11.9 Å². The molecule has 4 aromatic rings. The lowest BCUT2D eigenvalue weighted by atomic mass is 10.1. The van der Waals surface area contributed by atoms with E-state index in [-0.39, 0.29) is 17.9 Å². The first-order valence-corrected chi connectivity index (χ1v) is 8.97. The first kappa shape index (κ1) is 17.8. The van der Waals surface area contributed by atoms with Crippen molar-refractivity contribution in [2.45, 2.75) is 13.8 Å². The molecule has 1 heterocycles. The zero-order valence-electron chi connectivity index (χ0n) is 15.6. The second-order valence-electron chi connectivity index (χ2n) is 6.70. The molecule has 3 aromatic carbocycles. The fourth-order valence-corrected chi connectivity index (χ4v) is 3.15. The normalized spacial score (nSPS) is 10.9. The minimum absolute atomic E-state index is 0.0827. The molecule has 28 heavy (non-hydrogen) atoms. The van der Waals surface area contributed by atoms with Gasteiger partial charge >= 0.3 is 0 Å². The second-order valence-corrected chi connectivity index (χ2v) is 6.70. The Morgan fingerprint density at radius 1 is 0.964 bits per heavy atom. The van der Waals surface area contributed by atoms with E-state index in [0.717, 1.165) is 11.1 Å². The summed E-state index contributed by atoms with van der Waals surface area (Å²) in [6.07, 6.45) is 0. The van der Waals surface area contributed by atoms with Crippen molar-refractivity contribution in [3.8, 4) is 5.75 Å². The van der Waals surface area contributed by atoms with Crippen LogP contribution in [0.15, 0.2) is 69.9 Å². The third-order valence-corrected chi connectivity index (χ3v) is 4.63. The Kier molecular flexibility index (Phi) is 4.57. The summed E-state index contributed by atoms with van der Waals surface area (Å²) >= 11 is 0.